The molecule has 0 unspecified atom stereocenters. The molecular formula is C59H39N5O. The molecule has 0 fully saturated rings. The van der Waals surface area contributed by atoms with Gasteiger partial charge in [0.1, 0.15) is 0 Å². The van der Waals surface area contributed by atoms with E-state index in [1.807, 2.05) is 72.8 Å². The quantitative estimate of drug-likeness (QED) is 0.144. The number of fused-ring (bicyclic) bond motifs is 4. The van der Waals surface area contributed by atoms with E-state index in [-0.39, 0.29) is 0 Å². The summed E-state index contributed by atoms with van der Waals surface area (Å²) in [6.07, 6.45) is 0. The van der Waals surface area contributed by atoms with Crippen LogP contribution in [0.1, 0.15) is 22.3 Å². The van der Waals surface area contributed by atoms with Crippen LogP contribution in [-0.2, 0) is 5.41 Å². The molecule has 12 rings (SSSR count). The van der Waals surface area contributed by atoms with Crippen LogP contribution in [0.2, 0.25) is 0 Å². The second-order valence-corrected chi connectivity index (χ2v) is 16.2. The summed E-state index contributed by atoms with van der Waals surface area (Å²) in [7, 11) is 0. The highest BCUT2D eigenvalue weighted by molar-refractivity contribution is 5.92. The third-order valence-corrected chi connectivity index (χ3v) is 12.5. The molecule has 2 heterocycles. The van der Waals surface area contributed by atoms with Gasteiger partial charge in [-0.05, 0) is 112 Å². The van der Waals surface area contributed by atoms with Gasteiger partial charge in [0, 0.05) is 39.3 Å². The van der Waals surface area contributed by atoms with Crippen LogP contribution in [-0.4, -0.2) is 20.2 Å². The molecular weight excluding hydrogens is 795 g/mol. The van der Waals surface area contributed by atoms with E-state index in [1.165, 1.54) is 33.4 Å². The van der Waals surface area contributed by atoms with Crippen LogP contribution in [0.3, 0.4) is 0 Å². The first-order valence-electron chi connectivity index (χ1n) is 21.8. The first-order chi connectivity index (χ1) is 32.2. The zero-order chi connectivity index (χ0) is 43.2. The third kappa shape index (κ3) is 6.50. The number of aromatic nitrogens is 4. The van der Waals surface area contributed by atoms with E-state index in [2.05, 4.69) is 179 Å². The average Bonchev–Trinajstić information content (AvgIpc) is 4.00. The fourth-order valence-electron chi connectivity index (χ4n) is 9.58. The lowest BCUT2D eigenvalue weighted by Gasteiger charge is -2.34. The minimum atomic E-state index is -0.536. The Bertz CT molecular complexity index is 3420. The minimum Gasteiger partial charge on any atom is -0.416 e. The molecule has 65 heavy (non-hydrogen) atoms. The lowest BCUT2D eigenvalue weighted by molar-refractivity contribution is 0.584. The number of benzene rings is 9. The van der Waals surface area contributed by atoms with Crippen LogP contribution in [0.5, 0.6) is 0 Å². The van der Waals surface area contributed by atoms with Crippen LogP contribution in [0, 0.1) is 0 Å². The molecule has 0 bridgehead atoms. The summed E-state index contributed by atoms with van der Waals surface area (Å²) in [5.74, 6) is 0.959. The lowest BCUT2D eigenvalue weighted by Crippen LogP contribution is -2.28. The summed E-state index contributed by atoms with van der Waals surface area (Å²) >= 11 is 0. The fourth-order valence-corrected chi connectivity index (χ4v) is 9.58. The molecule has 0 saturated heterocycles. The van der Waals surface area contributed by atoms with Crippen molar-refractivity contribution in [1.29, 1.82) is 0 Å². The fraction of sp³-hybridized carbons (Fsp3) is 0.0169. The molecule has 0 radical (unpaired) electrons. The van der Waals surface area contributed by atoms with Gasteiger partial charge in [0.05, 0.1) is 27.8 Å². The maximum Gasteiger partial charge on any atom is 0.248 e. The normalized spacial score (nSPS) is 12.4. The van der Waals surface area contributed by atoms with Crippen LogP contribution in [0.25, 0.3) is 67.6 Å². The lowest BCUT2D eigenvalue weighted by atomic mass is 9.67. The Morgan fingerprint density at radius 3 is 1.37 bits per heavy atom. The molecule has 0 saturated carbocycles. The molecule has 0 aliphatic heterocycles. The number of rotatable bonds is 9. The summed E-state index contributed by atoms with van der Waals surface area (Å²) in [6.45, 7) is 0. The van der Waals surface area contributed by atoms with Crippen LogP contribution in [0.4, 0.5) is 17.1 Å². The molecule has 6 nitrogen and oxygen atoms in total. The van der Waals surface area contributed by atoms with E-state index in [0.717, 1.165) is 61.7 Å². The van der Waals surface area contributed by atoms with Gasteiger partial charge in [-0.1, -0.05) is 158 Å². The number of para-hydroxylation sites is 3. The van der Waals surface area contributed by atoms with E-state index >= 15 is 0 Å². The minimum absolute atomic E-state index is 0.469. The molecule has 2 aromatic heterocycles. The second kappa shape index (κ2) is 15.9. The zero-order valence-corrected chi connectivity index (χ0v) is 35.2. The molecule has 0 atom stereocenters. The smallest absolute Gasteiger partial charge is 0.248 e. The van der Waals surface area contributed by atoms with E-state index in [9.17, 15) is 0 Å². The Hall–Kier alpha value is -8.74. The third-order valence-electron chi connectivity index (χ3n) is 12.5. The summed E-state index contributed by atoms with van der Waals surface area (Å²) in [6, 6.07) is 82.8. The van der Waals surface area contributed by atoms with Crippen molar-refractivity contribution in [3.05, 3.63) is 259 Å². The highest BCUT2D eigenvalue weighted by Gasteiger charge is 2.46. The van der Waals surface area contributed by atoms with Crippen molar-refractivity contribution in [3.63, 3.8) is 0 Å². The van der Waals surface area contributed by atoms with Gasteiger partial charge in [0.2, 0.25) is 11.8 Å². The van der Waals surface area contributed by atoms with E-state index in [1.54, 1.807) is 0 Å². The summed E-state index contributed by atoms with van der Waals surface area (Å²) in [5, 5.41) is 8.67. The molecule has 1 aliphatic carbocycles. The molecule has 306 valence electrons. The second-order valence-electron chi connectivity index (χ2n) is 16.2. The van der Waals surface area contributed by atoms with Crippen molar-refractivity contribution in [1.82, 2.24) is 20.2 Å². The maximum atomic E-state index is 6.09. The topological polar surface area (TPSA) is 67.9 Å². The monoisotopic (exact) mass is 833 g/mol. The Morgan fingerprint density at radius 1 is 0.338 bits per heavy atom. The van der Waals surface area contributed by atoms with Crippen LogP contribution in [0.15, 0.2) is 241 Å². The number of nitrogens with zero attached hydrogens (tertiary/aromatic N) is 5. The van der Waals surface area contributed by atoms with Gasteiger partial charge in [0.15, 0.2) is 0 Å². The van der Waals surface area contributed by atoms with Gasteiger partial charge in [0.25, 0.3) is 0 Å². The SMILES string of the molecule is c1ccc(-c2nnc(-c3ccc(N(c4ccccc4)c4ccc(-c5nc6ccccc6nc5-c5ccc6c(c5)C(c5ccccc5)(c5ccccc5)c5ccccc5-6)cc4)cc3)o2)cc1. The average molecular weight is 834 g/mol. The van der Waals surface area contributed by atoms with Crippen molar-refractivity contribution < 1.29 is 4.42 Å². The van der Waals surface area contributed by atoms with Crippen LogP contribution >= 0.6 is 0 Å². The number of hydrogen-bond donors (Lipinski definition) is 0. The Balaban J connectivity index is 0.963. The van der Waals surface area contributed by atoms with E-state index in [0.29, 0.717) is 11.8 Å². The first kappa shape index (κ1) is 38.0. The Kier molecular flexibility index (Phi) is 9.27. The molecule has 0 spiro atoms. The molecule has 11 aromatic rings. The molecule has 0 amide bonds. The predicted molar refractivity (Wildman–Crippen MR) is 261 cm³/mol. The summed E-state index contributed by atoms with van der Waals surface area (Å²) < 4.78 is 6.09. The van der Waals surface area contributed by atoms with Crippen LogP contribution < -0.4 is 4.90 Å². The Morgan fingerprint density at radius 2 is 0.769 bits per heavy atom. The van der Waals surface area contributed by atoms with Crippen molar-refractivity contribution in [3.8, 4) is 56.6 Å². The van der Waals surface area contributed by atoms with Gasteiger partial charge in [-0.3, -0.25) is 0 Å². The Labute approximate surface area is 376 Å². The van der Waals surface area contributed by atoms with Gasteiger partial charge < -0.3 is 9.32 Å². The molecule has 9 aromatic carbocycles. The van der Waals surface area contributed by atoms with Gasteiger partial charge in [-0.25, -0.2) is 9.97 Å². The van der Waals surface area contributed by atoms with Gasteiger partial charge in [-0.2, -0.15) is 0 Å². The molecule has 6 heteroatoms. The van der Waals surface area contributed by atoms with Crippen molar-refractivity contribution >= 4 is 28.1 Å². The first-order valence-corrected chi connectivity index (χ1v) is 21.8. The summed E-state index contributed by atoms with van der Waals surface area (Å²) in [4.78, 5) is 13.0. The molecule has 0 N–H and O–H groups in total. The maximum absolute atomic E-state index is 6.09. The summed E-state index contributed by atoms with van der Waals surface area (Å²) in [5.41, 5.74) is 16.9. The molecule has 1 aliphatic rings. The number of hydrogen-bond acceptors (Lipinski definition) is 6. The highest BCUT2D eigenvalue weighted by Crippen LogP contribution is 2.57. The van der Waals surface area contributed by atoms with Crippen molar-refractivity contribution in [2.24, 2.45) is 0 Å². The van der Waals surface area contributed by atoms with Gasteiger partial charge in [-0.15, -0.1) is 10.2 Å². The van der Waals surface area contributed by atoms with Crippen molar-refractivity contribution in [2.45, 2.75) is 5.41 Å². The standard InChI is InChI=1S/C59H39N5O/c1-5-17-41(18-6-1)57-62-63-58(65-57)42-31-36-48(37-32-42)64(46-23-11-4-12-24-46)47-34-29-40(30-35-47)55-56(61-54-28-16-15-27-53(54)60-55)43-33-38-50-49-25-13-14-26-51(49)59(52(50)39-43,44-19-7-2-8-20-44)45-21-9-3-10-22-45/h1-39H. The van der Waals surface area contributed by atoms with E-state index < -0.39 is 5.41 Å². The highest BCUT2D eigenvalue weighted by atomic mass is 16.4. The predicted octanol–water partition coefficient (Wildman–Crippen LogP) is 14.5. The van der Waals surface area contributed by atoms with Crippen molar-refractivity contribution in [2.75, 3.05) is 4.90 Å². The number of anilines is 3. The zero-order valence-electron chi connectivity index (χ0n) is 35.2. The van der Waals surface area contributed by atoms with Gasteiger partial charge >= 0.3 is 0 Å². The van der Waals surface area contributed by atoms with E-state index in [4.69, 9.17) is 14.4 Å². The largest absolute Gasteiger partial charge is 0.416 e.